The van der Waals surface area contributed by atoms with E-state index in [1.165, 1.54) is 7.11 Å². The van der Waals surface area contributed by atoms with Gasteiger partial charge in [0.15, 0.2) is 0 Å². The van der Waals surface area contributed by atoms with E-state index in [0.29, 0.717) is 5.92 Å². The summed E-state index contributed by atoms with van der Waals surface area (Å²) in [6.07, 6.45) is 3.09. The van der Waals surface area contributed by atoms with Crippen molar-refractivity contribution in [1.82, 2.24) is 20.2 Å². The van der Waals surface area contributed by atoms with Gasteiger partial charge in [0, 0.05) is 6.04 Å². The fourth-order valence-corrected chi connectivity index (χ4v) is 5.33. The lowest BCUT2D eigenvalue weighted by atomic mass is 9.79. The van der Waals surface area contributed by atoms with Gasteiger partial charge < -0.3 is 29.2 Å². The van der Waals surface area contributed by atoms with E-state index in [1.807, 2.05) is 76.9 Å². The van der Waals surface area contributed by atoms with Crippen LogP contribution >= 0.6 is 0 Å². The number of amides is 2. The molecule has 2 saturated heterocycles. The summed E-state index contributed by atoms with van der Waals surface area (Å²) >= 11 is 0. The molecular formula is C27H37BN4O5. The van der Waals surface area contributed by atoms with Crippen LogP contribution in [0, 0.1) is 11.8 Å². The molecule has 10 heteroatoms. The standard InChI is InChI=1S/C27H37BN4O5/c1-15(2)22(31-25(34)35-7)24(33)32-20-12-17(20)13-21(32)23-29-14-19(30-23)16-8-10-18(11-9-16)28-36-26(3,4)27(5,6)37-28/h8-11,14-15,17,20-22H,12-13H2,1-7H3,(H,29,30)(H,31,34)/t17?,20?,21-,22-/m0/s1. The van der Waals surface area contributed by atoms with Gasteiger partial charge in [0.25, 0.3) is 0 Å². The number of aromatic amines is 1. The number of hydrogen-bond donors (Lipinski definition) is 2. The number of imidazole rings is 1. The fourth-order valence-electron chi connectivity index (χ4n) is 5.33. The maximum Gasteiger partial charge on any atom is 0.494 e. The minimum absolute atomic E-state index is 0.0697. The smallest absolute Gasteiger partial charge is 0.453 e. The number of fused-ring (bicyclic) bond motifs is 1. The first-order chi connectivity index (χ1) is 17.4. The van der Waals surface area contributed by atoms with Crippen LogP contribution in [-0.4, -0.2) is 64.4 Å². The largest absolute Gasteiger partial charge is 0.494 e. The number of ether oxygens (including phenoxy) is 1. The molecule has 2 unspecified atom stereocenters. The van der Waals surface area contributed by atoms with Crippen molar-refractivity contribution in [3.05, 3.63) is 36.3 Å². The van der Waals surface area contributed by atoms with Gasteiger partial charge in [-0.25, -0.2) is 9.78 Å². The molecule has 3 aliphatic rings. The lowest BCUT2D eigenvalue weighted by molar-refractivity contribution is -0.136. The van der Waals surface area contributed by atoms with Crippen molar-refractivity contribution in [2.45, 2.75) is 83.7 Å². The van der Waals surface area contributed by atoms with Crippen molar-refractivity contribution in [1.29, 1.82) is 0 Å². The third-order valence-electron chi connectivity index (χ3n) is 8.41. The number of piperidine rings is 1. The normalized spacial score (nSPS) is 26.2. The Hall–Kier alpha value is -2.85. The van der Waals surface area contributed by atoms with Gasteiger partial charge in [-0.15, -0.1) is 0 Å². The lowest BCUT2D eigenvalue weighted by Crippen LogP contribution is -2.52. The van der Waals surface area contributed by atoms with Crippen LogP contribution in [0.15, 0.2) is 30.5 Å². The zero-order chi connectivity index (χ0) is 26.7. The summed E-state index contributed by atoms with van der Waals surface area (Å²) < 4.78 is 17.1. The Bertz CT molecular complexity index is 1160. The predicted molar refractivity (Wildman–Crippen MR) is 140 cm³/mol. The first-order valence-electron chi connectivity index (χ1n) is 13.1. The van der Waals surface area contributed by atoms with E-state index in [2.05, 4.69) is 15.3 Å². The van der Waals surface area contributed by atoms with Crippen LogP contribution in [0.4, 0.5) is 4.79 Å². The molecule has 37 heavy (non-hydrogen) atoms. The molecular weight excluding hydrogens is 471 g/mol. The molecule has 5 rings (SSSR count). The number of methoxy groups -OCH3 is 1. The molecule has 1 aliphatic carbocycles. The Balaban J connectivity index is 1.32. The zero-order valence-electron chi connectivity index (χ0n) is 22.7. The maximum atomic E-state index is 13.6. The second-order valence-corrected chi connectivity index (χ2v) is 11.8. The fraction of sp³-hybridized carbons (Fsp3) is 0.593. The van der Waals surface area contributed by atoms with Gasteiger partial charge in [0.2, 0.25) is 5.91 Å². The SMILES string of the molecule is COC(=O)N[C@H](C(=O)N1C2CC2C[C@H]1c1ncc(-c2ccc(B3OC(C)(C)C(C)(C)O3)cc2)[nH]1)C(C)C. The van der Waals surface area contributed by atoms with Crippen LogP contribution in [0.1, 0.15) is 66.3 Å². The summed E-state index contributed by atoms with van der Waals surface area (Å²) in [5.41, 5.74) is 2.07. The van der Waals surface area contributed by atoms with Crippen LogP contribution in [0.3, 0.4) is 0 Å². The van der Waals surface area contributed by atoms with Gasteiger partial charge in [-0.2, -0.15) is 0 Å². The summed E-state index contributed by atoms with van der Waals surface area (Å²) in [6, 6.07) is 7.50. The molecule has 4 atom stereocenters. The van der Waals surface area contributed by atoms with Gasteiger partial charge in [-0.05, 0) is 63.4 Å². The van der Waals surface area contributed by atoms with Crippen molar-refractivity contribution in [3.63, 3.8) is 0 Å². The number of nitrogens with zero attached hydrogens (tertiary/aromatic N) is 2. The van der Waals surface area contributed by atoms with E-state index >= 15 is 0 Å². The summed E-state index contributed by atoms with van der Waals surface area (Å²) in [5.74, 6) is 1.10. The molecule has 0 bridgehead atoms. The van der Waals surface area contributed by atoms with E-state index in [4.69, 9.17) is 14.0 Å². The highest BCUT2D eigenvalue weighted by molar-refractivity contribution is 6.62. The van der Waals surface area contributed by atoms with Crippen LogP contribution < -0.4 is 10.8 Å². The summed E-state index contributed by atoms with van der Waals surface area (Å²) in [6.45, 7) is 12.0. The van der Waals surface area contributed by atoms with Crippen molar-refractivity contribution in [2.24, 2.45) is 11.8 Å². The number of hydrogen-bond acceptors (Lipinski definition) is 6. The Kier molecular flexibility index (Phi) is 6.39. The molecule has 3 heterocycles. The molecule has 1 saturated carbocycles. The number of rotatable bonds is 6. The van der Waals surface area contributed by atoms with Crippen LogP contribution in [0.5, 0.6) is 0 Å². The molecule has 0 spiro atoms. The average molecular weight is 508 g/mol. The molecule has 1 aromatic carbocycles. The quantitative estimate of drug-likeness (QED) is 0.580. The highest BCUT2D eigenvalue weighted by Gasteiger charge is 2.56. The van der Waals surface area contributed by atoms with Crippen molar-refractivity contribution < 1.29 is 23.6 Å². The third kappa shape index (κ3) is 4.65. The second kappa shape index (κ2) is 9.17. The molecule has 2 N–H and O–H groups in total. The minimum Gasteiger partial charge on any atom is -0.453 e. The Morgan fingerprint density at radius 3 is 2.38 bits per heavy atom. The van der Waals surface area contributed by atoms with E-state index in [-0.39, 0.29) is 35.1 Å². The van der Waals surface area contributed by atoms with E-state index < -0.39 is 19.3 Å². The van der Waals surface area contributed by atoms with Crippen LogP contribution in [-0.2, 0) is 18.8 Å². The Morgan fingerprint density at radius 1 is 1.14 bits per heavy atom. The topological polar surface area (TPSA) is 106 Å². The second-order valence-electron chi connectivity index (χ2n) is 11.8. The number of alkyl carbamates (subject to hydrolysis) is 1. The van der Waals surface area contributed by atoms with Gasteiger partial charge in [-0.3, -0.25) is 4.79 Å². The molecule has 2 aliphatic heterocycles. The zero-order valence-corrected chi connectivity index (χ0v) is 22.7. The predicted octanol–water partition coefficient (Wildman–Crippen LogP) is 3.42. The third-order valence-corrected chi connectivity index (χ3v) is 8.41. The average Bonchev–Trinajstić information content (AvgIpc) is 3.17. The van der Waals surface area contributed by atoms with Crippen LogP contribution in [0.25, 0.3) is 11.3 Å². The van der Waals surface area contributed by atoms with Crippen LogP contribution in [0.2, 0.25) is 0 Å². The highest BCUT2D eigenvalue weighted by atomic mass is 16.7. The number of likely N-dealkylation sites (tertiary alicyclic amines) is 1. The monoisotopic (exact) mass is 508 g/mol. The minimum atomic E-state index is -0.647. The first-order valence-corrected chi connectivity index (χ1v) is 13.1. The Labute approximate surface area is 218 Å². The van der Waals surface area contributed by atoms with Gasteiger partial charge in [0.05, 0.1) is 36.2 Å². The molecule has 2 aromatic rings. The first kappa shape index (κ1) is 25.8. The number of benzene rings is 1. The number of H-pyrrole nitrogens is 1. The summed E-state index contributed by atoms with van der Waals surface area (Å²) in [4.78, 5) is 35.5. The summed E-state index contributed by atoms with van der Waals surface area (Å²) in [5, 5.41) is 2.72. The number of carbonyl (C=O) groups is 2. The van der Waals surface area contributed by atoms with Crippen molar-refractivity contribution >= 4 is 24.6 Å². The van der Waals surface area contributed by atoms with Gasteiger partial charge in [0.1, 0.15) is 11.9 Å². The van der Waals surface area contributed by atoms with Crippen molar-refractivity contribution in [2.75, 3.05) is 7.11 Å². The molecule has 9 nitrogen and oxygen atoms in total. The highest BCUT2D eigenvalue weighted by Crippen LogP contribution is 2.53. The van der Waals surface area contributed by atoms with E-state index in [1.54, 1.807) is 0 Å². The number of carbonyl (C=O) groups excluding carboxylic acids is 2. The van der Waals surface area contributed by atoms with E-state index in [9.17, 15) is 9.59 Å². The molecule has 0 radical (unpaired) electrons. The summed E-state index contributed by atoms with van der Waals surface area (Å²) in [7, 11) is 0.896. The molecule has 1 aromatic heterocycles. The molecule has 2 amide bonds. The van der Waals surface area contributed by atoms with Gasteiger partial charge in [-0.1, -0.05) is 38.1 Å². The Morgan fingerprint density at radius 2 is 1.78 bits per heavy atom. The lowest BCUT2D eigenvalue weighted by Gasteiger charge is -2.32. The van der Waals surface area contributed by atoms with Crippen molar-refractivity contribution in [3.8, 4) is 11.3 Å². The van der Waals surface area contributed by atoms with Gasteiger partial charge >= 0.3 is 13.2 Å². The maximum absolute atomic E-state index is 13.6. The number of nitrogens with one attached hydrogen (secondary N) is 2. The molecule has 198 valence electrons. The number of aromatic nitrogens is 2. The van der Waals surface area contributed by atoms with E-state index in [0.717, 1.165) is 35.4 Å². The molecule has 3 fully saturated rings.